The average molecular weight is 538 g/mol. The summed E-state index contributed by atoms with van der Waals surface area (Å²) in [5.74, 6) is 4.39. The Morgan fingerprint density at radius 1 is 0.585 bits per heavy atom. The second kappa shape index (κ2) is 8.31. The highest BCUT2D eigenvalue weighted by Crippen LogP contribution is 2.30. The van der Waals surface area contributed by atoms with Gasteiger partial charge in [-0.25, -0.2) is 15.0 Å². The molecule has 0 atom stereocenters. The van der Waals surface area contributed by atoms with Crippen LogP contribution in [0.4, 0.5) is 11.9 Å². The minimum Gasteiger partial charge on any atom is -0.324 e. The third-order valence-corrected chi connectivity index (χ3v) is 7.50. The normalized spacial score (nSPS) is 16.4. The topological polar surface area (TPSA) is 119 Å². The zero-order valence-electron chi connectivity index (χ0n) is 22.9. The largest absolute Gasteiger partial charge is 0.456 e. The Morgan fingerprint density at radius 3 is 1.78 bits per heavy atom. The molecule has 0 spiro atoms. The highest BCUT2D eigenvalue weighted by molar-refractivity contribution is 6.33. The van der Waals surface area contributed by atoms with Crippen molar-refractivity contribution in [3.05, 3.63) is 106 Å². The maximum Gasteiger partial charge on any atom is 0.456 e. The van der Waals surface area contributed by atoms with E-state index in [-0.39, 0.29) is 5.41 Å². The van der Waals surface area contributed by atoms with Gasteiger partial charge in [0, 0.05) is 33.4 Å². The number of aryl methyl sites for hydroxylation is 1. The Morgan fingerprint density at radius 2 is 1.12 bits per heavy atom. The van der Waals surface area contributed by atoms with Crippen molar-refractivity contribution in [2.24, 2.45) is 37.0 Å². The number of aromatic nitrogens is 3. The Hall–Kier alpha value is -5.38. The smallest absolute Gasteiger partial charge is 0.324 e. The van der Waals surface area contributed by atoms with Gasteiger partial charge in [0.05, 0.1) is 7.05 Å². The Balaban J connectivity index is 1.40. The molecule has 0 saturated heterocycles. The fourth-order valence-electron chi connectivity index (χ4n) is 5.32. The molecule has 0 saturated carbocycles. The summed E-state index contributed by atoms with van der Waals surface area (Å²) < 4.78 is 1.72. The van der Waals surface area contributed by atoms with Crippen molar-refractivity contribution in [1.82, 2.24) is 15.4 Å². The van der Waals surface area contributed by atoms with Gasteiger partial charge in [-0.3, -0.25) is 0 Å². The molecule has 8 bridgehead atoms. The van der Waals surface area contributed by atoms with Gasteiger partial charge in [-0.2, -0.15) is 19.8 Å². The van der Waals surface area contributed by atoms with E-state index in [0.717, 1.165) is 33.4 Å². The van der Waals surface area contributed by atoms with E-state index in [9.17, 15) is 0 Å². The van der Waals surface area contributed by atoms with E-state index in [1.807, 2.05) is 55.6 Å². The Labute approximate surface area is 235 Å². The Bertz CT molecular complexity index is 2010. The monoisotopic (exact) mass is 537 g/mol. The lowest BCUT2D eigenvalue weighted by molar-refractivity contribution is -0.714. The van der Waals surface area contributed by atoms with Gasteiger partial charge in [0.25, 0.3) is 0 Å². The van der Waals surface area contributed by atoms with Gasteiger partial charge in [-0.05, 0) is 33.1 Å². The number of benzene rings is 3. The molecule has 10 nitrogen and oxygen atoms in total. The van der Waals surface area contributed by atoms with Crippen molar-refractivity contribution >= 4 is 46.9 Å². The number of hydrogen-bond donors (Lipinski definition) is 2. The summed E-state index contributed by atoms with van der Waals surface area (Å²) in [7, 11) is 1.84. The van der Waals surface area contributed by atoms with Gasteiger partial charge < -0.3 is 5.32 Å². The predicted molar refractivity (Wildman–Crippen MR) is 159 cm³/mol. The summed E-state index contributed by atoms with van der Waals surface area (Å²) >= 11 is 0. The second-order valence-electron chi connectivity index (χ2n) is 11.3. The van der Waals surface area contributed by atoms with Crippen molar-refractivity contribution in [3.63, 3.8) is 0 Å². The SMILES string of the molecule is C[n+]1[nH]c2nc1N=C1N=C(N=C3N=C(NC4=NC(=N2)c2ccccc24)c2ccc(C(C)(C)C)cc23)c2ccccc21. The Kier molecular flexibility index (Phi) is 4.76. The van der Waals surface area contributed by atoms with Crippen LogP contribution in [0.25, 0.3) is 0 Å². The fraction of sp³-hybridized carbons (Fsp3) is 0.161. The lowest BCUT2D eigenvalue weighted by Gasteiger charge is -2.20. The zero-order chi connectivity index (χ0) is 27.9. The van der Waals surface area contributed by atoms with E-state index in [1.165, 1.54) is 5.56 Å². The first-order valence-corrected chi connectivity index (χ1v) is 13.4. The molecule has 0 fully saturated rings. The third-order valence-electron chi connectivity index (χ3n) is 7.50. The second-order valence-corrected chi connectivity index (χ2v) is 11.3. The number of aliphatic imine (C=N–C) groups is 6. The first-order valence-electron chi connectivity index (χ1n) is 13.4. The number of H-pyrrole nitrogens is 1. The van der Waals surface area contributed by atoms with E-state index >= 15 is 0 Å². The van der Waals surface area contributed by atoms with E-state index in [2.05, 4.69) is 54.4 Å². The molecule has 10 heteroatoms. The number of nitrogens with one attached hydrogen (secondary N) is 2. The maximum atomic E-state index is 5.04. The first-order chi connectivity index (χ1) is 19.8. The van der Waals surface area contributed by atoms with E-state index in [1.54, 1.807) is 4.68 Å². The van der Waals surface area contributed by atoms with Gasteiger partial charge in [0.15, 0.2) is 17.5 Å². The first kappa shape index (κ1) is 23.5. The van der Waals surface area contributed by atoms with Crippen LogP contribution in [-0.4, -0.2) is 45.1 Å². The highest BCUT2D eigenvalue weighted by Gasteiger charge is 2.32. The van der Waals surface area contributed by atoms with E-state index in [0.29, 0.717) is 46.9 Å². The summed E-state index contributed by atoms with van der Waals surface area (Å²) in [6.45, 7) is 6.61. The molecular weight excluding hydrogens is 512 g/mol. The van der Waals surface area contributed by atoms with Crippen molar-refractivity contribution in [1.29, 1.82) is 0 Å². The molecule has 0 amide bonds. The molecule has 2 N–H and O–H groups in total. The van der Waals surface area contributed by atoms with Crippen LogP contribution in [0.15, 0.2) is 96.7 Å². The lowest BCUT2D eigenvalue weighted by atomic mass is 9.85. The van der Waals surface area contributed by atoms with Crippen LogP contribution in [0.2, 0.25) is 0 Å². The van der Waals surface area contributed by atoms with Gasteiger partial charge >= 0.3 is 11.9 Å². The molecule has 0 unspecified atom stereocenters. The number of nitrogens with zero attached hydrogens (tertiary/aromatic N) is 8. The molecule has 4 aliphatic rings. The van der Waals surface area contributed by atoms with Gasteiger partial charge in [0.2, 0.25) is 5.84 Å². The van der Waals surface area contributed by atoms with E-state index < -0.39 is 0 Å². The number of rotatable bonds is 0. The van der Waals surface area contributed by atoms with Crippen LogP contribution < -0.4 is 10.00 Å². The minimum atomic E-state index is -0.0412. The summed E-state index contributed by atoms with van der Waals surface area (Å²) in [5, 5.41) is 6.67. The molecule has 198 valence electrons. The molecule has 0 radical (unpaired) electrons. The number of fused-ring (bicyclic) bond motifs is 14. The fourth-order valence-corrected chi connectivity index (χ4v) is 5.32. The molecule has 8 rings (SSSR count). The minimum absolute atomic E-state index is 0.0412. The standard InChI is InChI=1S/C31H24N10/c1-31(2,3)16-13-14-21-22(15-16)28-35-24-18-10-6-8-12-20(18)27(34-24)38-30-39-29(40-41(30)4)37-26-19-11-7-5-9-17(19)23(33-26)32-25(21)36-28/h5-15H,1-4H3,(H,32,33,34,35,36,37,38,39,40)/p+1. The van der Waals surface area contributed by atoms with Crippen LogP contribution in [-0.2, 0) is 12.5 Å². The molecule has 4 aromatic rings. The van der Waals surface area contributed by atoms with Crippen molar-refractivity contribution in [2.75, 3.05) is 0 Å². The molecule has 0 aliphatic carbocycles. The van der Waals surface area contributed by atoms with Gasteiger partial charge in [-0.1, -0.05) is 75.4 Å². The molecule has 3 aromatic carbocycles. The number of amidine groups is 6. The zero-order valence-corrected chi connectivity index (χ0v) is 22.9. The van der Waals surface area contributed by atoms with Crippen molar-refractivity contribution in [2.45, 2.75) is 26.2 Å². The summed E-state index contributed by atoms with van der Waals surface area (Å²) in [6.07, 6.45) is 0. The van der Waals surface area contributed by atoms with Gasteiger partial charge in [-0.15, -0.1) is 0 Å². The number of aromatic amines is 1. The summed E-state index contributed by atoms with van der Waals surface area (Å²) in [4.78, 5) is 34.0. The van der Waals surface area contributed by atoms with Crippen LogP contribution in [0, 0.1) is 0 Å². The third kappa shape index (κ3) is 3.71. The molecule has 1 aromatic heterocycles. The van der Waals surface area contributed by atoms with Gasteiger partial charge in [0.1, 0.15) is 11.7 Å². The van der Waals surface area contributed by atoms with Crippen LogP contribution in [0.5, 0.6) is 0 Å². The quantitative estimate of drug-likeness (QED) is 0.330. The molecule has 5 heterocycles. The van der Waals surface area contributed by atoms with Crippen molar-refractivity contribution < 1.29 is 4.68 Å². The number of hydrogen-bond acceptors (Lipinski definition) is 8. The highest BCUT2D eigenvalue weighted by atomic mass is 15.4. The van der Waals surface area contributed by atoms with E-state index in [4.69, 9.17) is 30.0 Å². The van der Waals surface area contributed by atoms with Crippen LogP contribution in [0.1, 0.15) is 59.7 Å². The lowest BCUT2D eigenvalue weighted by Crippen LogP contribution is -2.30. The molecular formula is C31H25N10+. The predicted octanol–water partition coefficient (Wildman–Crippen LogP) is 4.02. The molecule has 4 aliphatic heterocycles. The maximum absolute atomic E-state index is 5.04. The summed E-state index contributed by atoms with van der Waals surface area (Å²) in [6, 6.07) is 22.4. The van der Waals surface area contributed by atoms with Crippen LogP contribution >= 0.6 is 0 Å². The molecule has 41 heavy (non-hydrogen) atoms. The van der Waals surface area contributed by atoms with Crippen LogP contribution in [0.3, 0.4) is 0 Å². The average Bonchev–Trinajstić information content (AvgIpc) is 3.68. The van der Waals surface area contributed by atoms with Crippen molar-refractivity contribution in [3.8, 4) is 0 Å². The summed E-state index contributed by atoms with van der Waals surface area (Å²) in [5.41, 5.74) is 6.67.